The Bertz CT molecular complexity index is 401. The Morgan fingerprint density at radius 3 is 2.44 bits per heavy atom. The molecule has 3 aliphatic rings. The van der Waals surface area contributed by atoms with Gasteiger partial charge in [0.2, 0.25) is 0 Å². The van der Waals surface area contributed by atoms with Crippen LogP contribution in [0.4, 0.5) is 8.68 Å². The maximum absolute atomic E-state index is 12.5. The molecule has 0 atom stereocenters. The third kappa shape index (κ3) is 1.56. The molecule has 0 unspecified atom stereocenters. The van der Waals surface area contributed by atoms with Gasteiger partial charge < -0.3 is 11.1 Å². The Balaban J connectivity index is 1.71. The maximum Gasteiger partial charge on any atom is 0.337 e. The van der Waals surface area contributed by atoms with E-state index in [4.69, 9.17) is 5.73 Å². The number of rotatable bonds is 1. The van der Waals surface area contributed by atoms with Gasteiger partial charge in [0.25, 0.3) is 5.91 Å². The number of amides is 3. The summed E-state index contributed by atoms with van der Waals surface area (Å²) in [5.74, 6) is -0.430. The van der Waals surface area contributed by atoms with Crippen LogP contribution in [0.1, 0.15) is 38.5 Å². The highest BCUT2D eigenvalue weighted by molar-refractivity contribution is 7.93. The number of nitrogens with one attached hydrogen (secondary N) is 1. The van der Waals surface area contributed by atoms with E-state index in [0.29, 0.717) is 17.1 Å². The van der Waals surface area contributed by atoms with Crippen molar-refractivity contribution in [3.05, 3.63) is 0 Å². The Labute approximate surface area is 109 Å². The number of halogens is 1. The molecular formula is C11H16FN3O2S. The predicted octanol–water partition coefficient (Wildman–Crippen LogP) is 1.49. The molecule has 3 rings (SSSR count). The molecule has 7 heteroatoms. The van der Waals surface area contributed by atoms with Gasteiger partial charge in [0, 0.05) is 6.04 Å². The van der Waals surface area contributed by atoms with E-state index in [2.05, 4.69) is 5.32 Å². The van der Waals surface area contributed by atoms with Gasteiger partial charge in [-0.2, -0.15) is 4.31 Å². The van der Waals surface area contributed by atoms with Crippen molar-refractivity contribution < 1.29 is 13.5 Å². The monoisotopic (exact) mass is 273 g/mol. The average Bonchev–Trinajstić information content (AvgIpc) is 2.54. The van der Waals surface area contributed by atoms with Crippen LogP contribution < -0.4 is 11.1 Å². The van der Waals surface area contributed by atoms with Crippen molar-refractivity contribution in [2.24, 2.45) is 11.1 Å². The zero-order valence-electron chi connectivity index (χ0n) is 9.95. The lowest BCUT2D eigenvalue weighted by Gasteiger charge is -2.55. The van der Waals surface area contributed by atoms with Crippen molar-refractivity contribution in [1.82, 2.24) is 9.62 Å². The molecule has 1 heterocycles. The topological polar surface area (TPSA) is 75.4 Å². The third-order valence-corrected chi connectivity index (χ3v) is 5.11. The maximum atomic E-state index is 12.5. The van der Waals surface area contributed by atoms with Gasteiger partial charge in [0.1, 0.15) is 5.54 Å². The number of imide groups is 1. The molecule has 0 aromatic carbocycles. The van der Waals surface area contributed by atoms with E-state index in [-0.39, 0.29) is 23.8 Å². The molecule has 18 heavy (non-hydrogen) atoms. The van der Waals surface area contributed by atoms with Gasteiger partial charge >= 0.3 is 6.03 Å². The number of hydrogen-bond acceptors (Lipinski definition) is 4. The van der Waals surface area contributed by atoms with E-state index >= 15 is 0 Å². The van der Waals surface area contributed by atoms with Crippen molar-refractivity contribution in [2.45, 2.75) is 50.1 Å². The van der Waals surface area contributed by atoms with Gasteiger partial charge in [-0.3, -0.25) is 4.79 Å². The van der Waals surface area contributed by atoms with E-state index < -0.39 is 17.5 Å². The number of hydrogen-bond donors (Lipinski definition) is 2. The average molecular weight is 273 g/mol. The second-order valence-electron chi connectivity index (χ2n) is 5.87. The van der Waals surface area contributed by atoms with Gasteiger partial charge in [0.15, 0.2) is 12.3 Å². The number of carbonyl (C=O) groups excluding carboxylic acids is 2. The highest BCUT2D eigenvalue weighted by Crippen LogP contribution is 2.58. The number of carbonyl (C=O) groups is 2. The van der Waals surface area contributed by atoms with Crippen LogP contribution in [-0.4, -0.2) is 27.8 Å². The van der Waals surface area contributed by atoms with Crippen molar-refractivity contribution in [2.75, 3.05) is 0 Å². The van der Waals surface area contributed by atoms with Gasteiger partial charge in [-0.1, -0.05) is 0 Å². The van der Waals surface area contributed by atoms with Crippen LogP contribution in [0.3, 0.4) is 0 Å². The van der Waals surface area contributed by atoms with Crippen LogP contribution in [0.5, 0.6) is 0 Å². The Morgan fingerprint density at radius 1 is 1.33 bits per heavy atom. The van der Waals surface area contributed by atoms with Crippen molar-refractivity contribution in [3.8, 4) is 0 Å². The van der Waals surface area contributed by atoms with Gasteiger partial charge in [-0.05, 0) is 43.9 Å². The van der Waals surface area contributed by atoms with Crippen molar-refractivity contribution in [1.29, 1.82) is 0 Å². The van der Waals surface area contributed by atoms with Crippen LogP contribution in [0.25, 0.3) is 0 Å². The second-order valence-corrected chi connectivity index (χ2v) is 6.37. The van der Waals surface area contributed by atoms with Crippen LogP contribution in [-0.2, 0) is 4.79 Å². The summed E-state index contributed by atoms with van der Waals surface area (Å²) in [4.78, 5) is 23.5. The predicted molar refractivity (Wildman–Crippen MR) is 64.9 cm³/mol. The first-order valence-corrected chi connectivity index (χ1v) is 6.89. The molecule has 1 aliphatic heterocycles. The Morgan fingerprint density at radius 2 is 1.94 bits per heavy atom. The normalized spacial score (nSPS) is 43.4. The lowest BCUT2D eigenvalue weighted by atomic mass is 9.51. The van der Waals surface area contributed by atoms with Crippen LogP contribution in [0, 0.1) is 5.41 Å². The quantitative estimate of drug-likeness (QED) is 0.560. The molecule has 0 aromatic heterocycles. The molecule has 2 aliphatic carbocycles. The summed E-state index contributed by atoms with van der Waals surface area (Å²) in [6.07, 6.45) is 5.21. The summed E-state index contributed by atoms with van der Waals surface area (Å²) in [5.41, 5.74) is 5.17. The Kier molecular flexibility index (Phi) is 2.60. The first kappa shape index (κ1) is 12.2. The highest BCUT2D eigenvalue weighted by Gasteiger charge is 2.65. The minimum atomic E-state index is -0.836. The molecule has 3 fully saturated rings. The standard InChI is InChI=1S/C11H16FN3O2S/c12-18-15-8(16)11(14-9(15)17)5-10(6-11)3-1-7(13)2-4-10/h7H,1-6,13H2,(H,14,17). The van der Waals surface area contributed by atoms with Gasteiger partial charge in [-0.15, -0.1) is 3.89 Å². The fourth-order valence-corrected chi connectivity index (χ4v) is 4.08. The zero-order valence-corrected chi connectivity index (χ0v) is 10.8. The first-order valence-electron chi connectivity index (χ1n) is 6.21. The van der Waals surface area contributed by atoms with Crippen molar-refractivity contribution >= 4 is 24.3 Å². The largest absolute Gasteiger partial charge is 0.337 e. The van der Waals surface area contributed by atoms with E-state index in [0.717, 1.165) is 25.7 Å². The third-order valence-electron chi connectivity index (χ3n) is 4.64. The minimum absolute atomic E-state index is 0.135. The summed E-state index contributed by atoms with van der Waals surface area (Å²) in [5, 5.41) is 2.65. The van der Waals surface area contributed by atoms with E-state index in [1.54, 1.807) is 0 Å². The molecular weight excluding hydrogens is 257 g/mol. The van der Waals surface area contributed by atoms with E-state index in [9.17, 15) is 13.5 Å². The first-order chi connectivity index (χ1) is 8.50. The highest BCUT2D eigenvalue weighted by atomic mass is 32.2. The molecule has 3 N–H and O–H groups in total. The molecule has 0 aromatic rings. The van der Waals surface area contributed by atoms with Crippen LogP contribution in [0.2, 0.25) is 0 Å². The van der Waals surface area contributed by atoms with Crippen LogP contribution in [0.15, 0.2) is 0 Å². The summed E-state index contributed by atoms with van der Waals surface area (Å²) in [6.45, 7) is 0. The molecule has 2 saturated carbocycles. The summed E-state index contributed by atoms with van der Waals surface area (Å²) >= 11 is -0.313. The zero-order chi connectivity index (χ0) is 13.0. The van der Waals surface area contributed by atoms with Crippen LogP contribution >= 0.6 is 12.3 Å². The summed E-state index contributed by atoms with van der Waals surface area (Å²) in [6, 6.07) is -0.367. The fraction of sp³-hybridized carbons (Fsp3) is 0.818. The summed E-state index contributed by atoms with van der Waals surface area (Å²) in [7, 11) is 0. The number of urea groups is 1. The van der Waals surface area contributed by atoms with E-state index in [1.165, 1.54) is 0 Å². The minimum Gasteiger partial charge on any atom is -0.328 e. The number of nitrogens with two attached hydrogens (primary N) is 1. The molecule has 3 amide bonds. The lowest BCUT2D eigenvalue weighted by Crippen LogP contribution is -2.63. The SMILES string of the molecule is NC1CCC2(CC1)CC1(C2)NC(=O)N(SF)C1=O. The van der Waals surface area contributed by atoms with E-state index in [1.807, 2.05) is 0 Å². The smallest absolute Gasteiger partial charge is 0.328 e. The van der Waals surface area contributed by atoms with Crippen molar-refractivity contribution in [3.63, 3.8) is 0 Å². The van der Waals surface area contributed by atoms with Gasteiger partial charge in [0.05, 0.1) is 0 Å². The molecule has 0 radical (unpaired) electrons. The molecule has 0 bridgehead atoms. The number of nitrogens with zero attached hydrogens (tertiary/aromatic N) is 1. The molecule has 1 saturated heterocycles. The molecule has 5 nitrogen and oxygen atoms in total. The molecule has 2 spiro atoms. The summed E-state index contributed by atoms with van der Waals surface area (Å²) < 4.78 is 13.1. The molecule has 100 valence electrons. The Hall–Kier alpha value is -0.820. The lowest BCUT2D eigenvalue weighted by molar-refractivity contribution is -0.138. The van der Waals surface area contributed by atoms with Gasteiger partial charge in [-0.25, -0.2) is 4.79 Å². The fourth-order valence-electron chi connectivity index (χ4n) is 3.73. The second kappa shape index (κ2) is 3.84.